The molecule has 5 rings (SSSR count). The van der Waals surface area contributed by atoms with Crippen LogP contribution in [0.25, 0.3) is 16.7 Å². The Kier molecular flexibility index (Phi) is 4.48. The fourth-order valence-electron chi connectivity index (χ4n) is 3.54. The van der Waals surface area contributed by atoms with Crippen molar-refractivity contribution in [2.75, 3.05) is 0 Å². The Hall–Kier alpha value is -3.64. The van der Waals surface area contributed by atoms with Gasteiger partial charge in [0, 0.05) is 28.5 Å². The zero-order chi connectivity index (χ0) is 20.7. The number of benzene rings is 3. The van der Waals surface area contributed by atoms with Gasteiger partial charge in [-0.15, -0.1) is 0 Å². The largest absolute Gasteiger partial charge is 0.354 e. The first kappa shape index (κ1) is 18.4. The standard InChI is InChI=1S/C24H16N2O3S/c1-15-6-8-17(9-7-15)22-21(16-10-12-19(13-11-16)26(27)28)24-23(29-25-22)20-5-3-2-4-18(20)14-30-24/h2-14H,1H3. The van der Waals surface area contributed by atoms with Gasteiger partial charge >= 0.3 is 0 Å². The highest BCUT2D eigenvalue weighted by atomic mass is 32.2. The summed E-state index contributed by atoms with van der Waals surface area (Å²) in [5.41, 5.74) is 4.62. The first-order chi connectivity index (χ1) is 14.6. The van der Waals surface area contributed by atoms with Gasteiger partial charge in [-0.3, -0.25) is 10.1 Å². The minimum Gasteiger partial charge on any atom is -0.354 e. The van der Waals surface area contributed by atoms with Crippen LogP contribution in [0.5, 0.6) is 0 Å². The van der Waals surface area contributed by atoms with E-state index in [0.717, 1.165) is 37.6 Å². The first-order valence-corrected chi connectivity index (χ1v) is 10.3. The average molecular weight is 412 g/mol. The van der Waals surface area contributed by atoms with E-state index in [0.29, 0.717) is 11.5 Å². The van der Waals surface area contributed by atoms with Crippen LogP contribution in [-0.4, -0.2) is 10.6 Å². The molecule has 0 aromatic heterocycles. The van der Waals surface area contributed by atoms with Crippen molar-refractivity contribution < 1.29 is 9.76 Å². The number of nitro benzene ring substituents is 1. The third-order valence-corrected chi connectivity index (χ3v) is 6.10. The molecule has 2 heterocycles. The van der Waals surface area contributed by atoms with Crippen LogP contribution in [0.2, 0.25) is 0 Å². The molecule has 3 aromatic rings. The topological polar surface area (TPSA) is 64.7 Å². The lowest BCUT2D eigenvalue weighted by atomic mass is 9.93. The molecule has 0 aliphatic carbocycles. The molecule has 146 valence electrons. The van der Waals surface area contributed by atoms with Crippen LogP contribution in [0.15, 0.2) is 82.9 Å². The minimum absolute atomic E-state index is 0.0580. The molecule has 3 aromatic carbocycles. The van der Waals surface area contributed by atoms with Crippen LogP contribution in [-0.2, 0) is 4.84 Å². The third-order valence-electron chi connectivity index (χ3n) is 5.10. The SMILES string of the molecule is Cc1ccc(C2=NOC3=c4ccccc4=CSC3=C2c2ccc([N+](=O)[O-])cc2)cc1. The second-order valence-electron chi connectivity index (χ2n) is 7.06. The molecule has 0 fully saturated rings. The molecule has 30 heavy (non-hydrogen) atoms. The van der Waals surface area contributed by atoms with E-state index in [-0.39, 0.29) is 5.69 Å². The summed E-state index contributed by atoms with van der Waals surface area (Å²) in [6.07, 6.45) is 0. The van der Waals surface area contributed by atoms with Gasteiger partial charge in [-0.25, -0.2) is 0 Å². The number of aryl methyl sites for hydroxylation is 1. The van der Waals surface area contributed by atoms with Crippen molar-refractivity contribution in [1.82, 2.24) is 0 Å². The summed E-state index contributed by atoms with van der Waals surface area (Å²) in [4.78, 5) is 17.6. The quantitative estimate of drug-likeness (QED) is 0.474. The number of thioether (sulfide) groups is 1. The molecule has 6 heteroatoms. The number of hydrogen-bond acceptors (Lipinski definition) is 5. The van der Waals surface area contributed by atoms with Gasteiger partial charge < -0.3 is 4.84 Å². The van der Waals surface area contributed by atoms with E-state index in [1.54, 1.807) is 23.9 Å². The predicted octanol–water partition coefficient (Wildman–Crippen LogP) is 4.34. The molecular formula is C24H16N2O3S. The van der Waals surface area contributed by atoms with Crippen molar-refractivity contribution in [2.24, 2.45) is 5.16 Å². The number of hydrogen-bond donors (Lipinski definition) is 0. The van der Waals surface area contributed by atoms with E-state index >= 15 is 0 Å². The zero-order valence-corrected chi connectivity index (χ0v) is 16.8. The molecule has 0 saturated heterocycles. The summed E-state index contributed by atoms with van der Waals surface area (Å²) < 4.78 is 0. The lowest BCUT2D eigenvalue weighted by Crippen LogP contribution is -2.31. The van der Waals surface area contributed by atoms with Crippen LogP contribution in [0.3, 0.4) is 0 Å². The van der Waals surface area contributed by atoms with E-state index in [2.05, 4.69) is 10.6 Å². The number of allylic oxidation sites excluding steroid dienone is 1. The van der Waals surface area contributed by atoms with Gasteiger partial charge in [0.05, 0.1) is 9.83 Å². The van der Waals surface area contributed by atoms with Crippen LogP contribution in [0.1, 0.15) is 16.7 Å². The van der Waals surface area contributed by atoms with Gasteiger partial charge in [-0.2, -0.15) is 0 Å². The summed E-state index contributed by atoms with van der Waals surface area (Å²) in [5.74, 6) is 0.710. The first-order valence-electron chi connectivity index (χ1n) is 9.40. The van der Waals surface area contributed by atoms with Gasteiger partial charge in [0.2, 0.25) is 0 Å². The van der Waals surface area contributed by atoms with E-state index < -0.39 is 4.92 Å². The highest BCUT2D eigenvalue weighted by Crippen LogP contribution is 2.41. The van der Waals surface area contributed by atoms with Crippen molar-refractivity contribution in [1.29, 1.82) is 0 Å². The Bertz CT molecular complexity index is 1350. The maximum atomic E-state index is 11.1. The average Bonchev–Trinajstić information content (AvgIpc) is 2.79. The molecule has 2 aliphatic rings. The summed E-state index contributed by atoms with van der Waals surface area (Å²) in [7, 11) is 0. The second-order valence-corrected chi connectivity index (χ2v) is 7.94. The summed E-state index contributed by atoms with van der Waals surface area (Å²) in [6.45, 7) is 2.04. The van der Waals surface area contributed by atoms with Gasteiger partial charge in [0.25, 0.3) is 5.69 Å². The highest BCUT2D eigenvalue weighted by molar-refractivity contribution is 8.10. The van der Waals surface area contributed by atoms with E-state index in [9.17, 15) is 10.1 Å². The van der Waals surface area contributed by atoms with Crippen LogP contribution in [0.4, 0.5) is 5.69 Å². The highest BCUT2D eigenvalue weighted by Gasteiger charge is 2.28. The van der Waals surface area contributed by atoms with E-state index in [1.807, 2.05) is 55.5 Å². The van der Waals surface area contributed by atoms with Crippen molar-refractivity contribution in [2.45, 2.75) is 6.92 Å². The lowest BCUT2D eigenvalue weighted by molar-refractivity contribution is -0.384. The van der Waals surface area contributed by atoms with Crippen molar-refractivity contribution >= 4 is 39.9 Å². The van der Waals surface area contributed by atoms with Crippen molar-refractivity contribution in [3.05, 3.63) is 115 Å². The Labute approximate surface area is 176 Å². The summed E-state index contributed by atoms with van der Waals surface area (Å²) >= 11 is 1.58. The van der Waals surface area contributed by atoms with Gasteiger partial charge in [0.15, 0.2) is 5.76 Å². The number of fused-ring (bicyclic) bond motifs is 2. The molecule has 2 aliphatic heterocycles. The molecule has 0 bridgehead atoms. The Morgan fingerprint density at radius 1 is 0.933 bits per heavy atom. The lowest BCUT2D eigenvalue weighted by Gasteiger charge is -2.23. The summed E-state index contributed by atoms with van der Waals surface area (Å²) in [6, 6.07) is 22.7. The number of nitro groups is 1. The monoisotopic (exact) mass is 412 g/mol. The van der Waals surface area contributed by atoms with E-state index in [4.69, 9.17) is 4.84 Å². The van der Waals surface area contributed by atoms with Gasteiger partial charge in [-0.1, -0.05) is 71.0 Å². The normalized spacial score (nSPS) is 14.8. The number of oxime groups is 1. The third kappa shape index (κ3) is 3.11. The number of non-ortho nitro benzene ring substituents is 1. The van der Waals surface area contributed by atoms with Crippen molar-refractivity contribution in [3.8, 4) is 0 Å². The van der Waals surface area contributed by atoms with Crippen molar-refractivity contribution in [3.63, 3.8) is 0 Å². The van der Waals surface area contributed by atoms with E-state index in [1.165, 1.54) is 12.1 Å². The maximum Gasteiger partial charge on any atom is 0.269 e. The van der Waals surface area contributed by atoms with Crippen LogP contribution in [0, 0.1) is 17.0 Å². The maximum absolute atomic E-state index is 11.1. The second kappa shape index (κ2) is 7.31. The predicted molar refractivity (Wildman–Crippen MR) is 120 cm³/mol. The number of rotatable bonds is 3. The molecule has 0 N–H and O–H groups in total. The van der Waals surface area contributed by atoms with Gasteiger partial charge in [0.1, 0.15) is 5.71 Å². The zero-order valence-electron chi connectivity index (χ0n) is 16.0. The molecular weight excluding hydrogens is 396 g/mol. The molecule has 0 saturated carbocycles. The smallest absolute Gasteiger partial charge is 0.269 e. The fraction of sp³-hybridized carbons (Fsp3) is 0.0417. The van der Waals surface area contributed by atoms with Gasteiger partial charge in [-0.05, 0) is 35.2 Å². The molecule has 0 unspecified atom stereocenters. The van der Waals surface area contributed by atoms with Crippen LogP contribution < -0.4 is 10.4 Å². The number of nitrogens with zero attached hydrogens (tertiary/aromatic N) is 2. The fourth-order valence-corrected chi connectivity index (χ4v) is 4.58. The minimum atomic E-state index is -0.391. The molecule has 5 nitrogen and oxygen atoms in total. The Balaban J connectivity index is 1.75. The van der Waals surface area contributed by atoms with Crippen LogP contribution >= 0.6 is 11.8 Å². The molecule has 0 radical (unpaired) electrons. The Morgan fingerprint density at radius 3 is 2.37 bits per heavy atom. The Morgan fingerprint density at radius 2 is 1.63 bits per heavy atom. The molecule has 0 spiro atoms. The molecule has 0 amide bonds. The summed E-state index contributed by atoms with van der Waals surface area (Å²) in [5, 5.41) is 19.8. The molecule has 0 atom stereocenters.